The van der Waals surface area contributed by atoms with E-state index in [0.717, 1.165) is 25.7 Å². The number of Topliss-reactive ketones (excluding diaryl/α,β-unsaturated/α-hetero) is 1. The van der Waals surface area contributed by atoms with Gasteiger partial charge in [-0.05, 0) is 67.8 Å². The van der Waals surface area contributed by atoms with E-state index in [0.29, 0.717) is 19.3 Å². The van der Waals surface area contributed by atoms with Crippen LogP contribution in [-0.2, 0) is 9.59 Å². The van der Waals surface area contributed by atoms with Crippen molar-refractivity contribution in [2.75, 3.05) is 6.61 Å². The van der Waals surface area contributed by atoms with Gasteiger partial charge in [-0.25, -0.2) is 0 Å². The first-order valence-electron chi connectivity index (χ1n) is 9.96. The van der Waals surface area contributed by atoms with Gasteiger partial charge in [-0.2, -0.15) is 0 Å². The normalized spacial score (nSPS) is 50.5. The lowest BCUT2D eigenvalue weighted by atomic mass is 9.45. The summed E-state index contributed by atoms with van der Waals surface area (Å²) in [5.41, 5.74) is -1.23. The minimum absolute atomic E-state index is 0.0697. The zero-order valence-corrected chi connectivity index (χ0v) is 15.7. The summed E-state index contributed by atoms with van der Waals surface area (Å²) < 4.78 is 0. The van der Waals surface area contributed by atoms with Crippen LogP contribution in [0.15, 0.2) is 11.6 Å². The Hall–Kier alpha value is -1.04. The van der Waals surface area contributed by atoms with Crippen LogP contribution in [0.3, 0.4) is 0 Å². The lowest BCUT2D eigenvalue weighted by Crippen LogP contribution is -2.62. The quantitative estimate of drug-likeness (QED) is 0.696. The molecule has 144 valence electrons. The van der Waals surface area contributed by atoms with Crippen molar-refractivity contribution >= 4 is 11.6 Å². The maximum atomic E-state index is 12.4. The van der Waals surface area contributed by atoms with Crippen LogP contribution in [0, 0.1) is 28.6 Å². The van der Waals surface area contributed by atoms with Gasteiger partial charge in [-0.1, -0.05) is 19.4 Å². The highest BCUT2D eigenvalue weighted by Gasteiger charge is 2.68. The summed E-state index contributed by atoms with van der Waals surface area (Å²) in [5.74, 6) is 0.140. The van der Waals surface area contributed by atoms with Crippen LogP contribution in [0.25, 0.3) is 0 Å². The van der Waals surface area contributed by atoms with E-state index >= 15 is 0 Å². The largest absolute Gasteiger partial charge is 0.393 e. The van der Waals surface area contributed by atoms with Gasteiger partial charge < -0.3 is 15.3 Å². The summed E-state index contributed by atoms with van der Waals surface area (Å²) in [5, 5.41) is 31.7. The van der Waals surface area contributed by atoms with Crippen LogP contribution < -0.4 is 0 Å². The maximum absolute atomic E-state index is 12.4. The molecule has 0 spiro atoms. The standard InChI is InChI=1S/C21H30O5/c1-19-7-5-13(23)9-12(19)3-4-14-15-6-8-21(26,17(25)11-22)20(15,2)10-16(24)18(14)19/h9,14-16,18,22,24,26H,3-8,10-11H2,1-2H3/t14?,15-,16-,18+,19-,20-,21-/m0/s1. The van der Waals surface area contributed by atoms with Gasteiger partial charge in [0.1, 0.15) is 12.2 Å². The molecule has 0 aromatic rings. The van der Waals surface area contributed by atoms with E-state index in [-0.39, 0.29) is 29.0 Å². The summed E-state index contributed by atoms with van der Waals surface area (Å²) in [6, 6.07) is 0. The molecular formula is C21H30O5. The summed E-state index contributed by atoms with van der Waals surface area (Å²) in [6.45, 7) is 3.46. The fourth-order valence-electron chi connectivity index (χ4n) is 7.28. The third kappa shape index (κ3) is 2.14. The number of hydrogen-bond acceptors (Lipinski definition) is 5. The van der Waals surface area contributed by atoms with Crippen molar-refractivity contribution in [3.05, 3.63) is 11.6 Å². The molecule has 26 heavy (non-hydrogen) atoms. The average Bonchev–Trinajstić information content (AvgIpc) is 2.86. The molecule has 0 heterocycles. The molecular weight excluding hydrogens is 332 g/mol. The number of allylic oxidation sites excluding steroid dienone is 1. The predicted octanol–water partition coefficient (Wildman–Crippen LogP) is 1.78. The Bertz CT molecular complexity index is 684. The maximum Gasteiger partial charge on any atom is 0.190 e. The van der Waals surface area contributed by atoms with Crippen molar-refractivity contribution in [1.29, 1.82) is 0 Å². The van der Waals surface area contributed by atoms with Crippen LogP contribution in [0.5, 0.6) is 0 Å². The molecule has 3 fully saturated rings. The molecule has 0 radical (unpaired) electrons. The lowest BCUT2D eigenvalue weighted by Gasteiger charge is -2.60. The highest BCUT2D eigenvalue weighted by Crippen LogP contribution is 2.67. The van der Waals surface area contributed by atoms with E-state index in [1.807, 2.05) is 6.92 Å². The van der Waals surface area contributed by atoms with E-state index in [4.69, 9.17) is 0 Å². The highest BCUT2D eigenvalue weighted by molar-refractivity contribution is 5.91. The molecule has 0 saturated heterocycles. The molecule has 0 aromatic heterocycles. The Balaban J connectivity index is 1.74. The van der Waals surface area contributed by atoms with E-state index in [1.165, 1.54) is 5.57 Å². The van der Waals surface area contributed by atoms with E-state index in [9.17, 15) is 24.9 Å². The van der Waals surface area contributed by atoms with Crippen LogP contribution in [0.1, 0.15) is 58.8 Å². The Labute approximate surface area is 154 Å². The van der Waals surface area contributed by atoms with Gasteiger partial charge in [0.05, 0.1) is 6.10 Å². The van der Waals surface area contributed by atoms with E-state index in [1.54, 1.807) is 6.08 Å². The van der Waals surface area contributed by atoms with Crippen LogP contribution in [0.2, 0.25) is 0 Å². The lowest BCUT2D eigenvalue weighted by molar-refractivity contribution is -0.182. The van der Waals surface area contributed by atoms with Crippen molar-refractivity contribution in [2.24, 2.45) is 28.6 Å². The van der Waals surface area contributed by atoms with Crippen molar-refractivity contribution < 1.29 is 24.9 Å². The van der Waals surface area contributed by atoms with Crippen LogP contribution >= 0.6 is 0 Å². The number of aliphatic hydroxyl groups excluding tert-OH is 2. The van der Waals surface area contributed by atoms with Crippen molar-refractivity contribution in [3.8, 4) is 0 Å². The topological polar surface area (TPSA) is 94.8 Å². The first-order chi connectivity index (χ1) is 12.2. The molecule has 5 nitrogen and oxygen atoms in total. The first kappa shape index (κ1) is 18.3. The van der Waals surface area contributed by atoms with Gasteiger partial charge in [0.25, 0.3) is 0 Å². The Morgan fingerprint density at radius 2 is 1.96 bits per heavy atom. The second-order valence-electron chi connectivity index (χ2n) is 9.56. The highest BCUT2D eigenvalue weighted by atomic mass is 16.3. The first-order valence-corrected chi connectivity index (χ1v) is 9.96. The molecule has 4 aliphatic carbocycles. The number of carbonyl (C=O) groups excluding carboxylic acids is 2. The summed E-state index contributed by atoms with van der Waals surface area (Å²) in [7, 11) is 0. The number of ketones is 2. The second-order valence-corrected chi connectivity index (χ2v) is 9.56. The molecule has 7 atom stereocenters. The van der Waals surface area contributed by atoms with Crippen molar-refractivity contribution in [1.82, 2.24) is 0 Å². The Morgan fingerprint density at radius 3 is 2.65 bits per heavy atom. The Kier molecular flexibility index (Phi) is 4.04. The molecule has 0 amide bonds. The SMILES string of the molecule is C[C@]12CCC(=O)C=C1CCC1[C@@H]2[C@@H](O)C[C@@]2(C)[C@H]1CC[C@]2(O)C(=O)CO. The van der Waals surface area contributed by atoms with Gasteiger partial charge in [0.15, 0.2) is 11.6 Å². The Morgan fingerprint density at radius 1 is 1.23 bits per heavy atom. The van der Waals surface area contributed by atoms with Gasteiger partial charge in [0, 0.05) is 11.8 Å². The molecule has 3 N–H and O–H groups in total. The number of fused-ring (bicyclic) bond motifs is 5. The molecule has 0 aromatic carbocycles. The summed E-state index contributed by atoms with van der Waals surface area (Å²) >= 11 is 0. The third-order valence-corrected chi connectivity index (χ3v) is 8.65. The molecule has 3 saturated carbocycles. The monoisotopic (exact) mass is 362 g/mol. The number of hydrogen-bond donors (Lipinski definition) is 3. The number of rotatable bonds is 2. The summed E-state index contributed by atoms with van der Waals surface area (Å²) in [6.07, 6.45) is 5.74. The van der Waals surface area contributed by atoms with Crippen LogP contribution in [-0.4, -0.2) is 45.2 Å². The third-order valence-electron chi connectivity index (χ3n) is 8.65. The smallest absolute Gasteiger partial charge is 0.190 e. The molecule has 0 aliphatic heterocycles. The molecule has 5 heteroatoms. The second kappa shape index (κ2) is 5.73. The van der Waals surface area contributed by atoms with Crippen molar-refractivity contribution in [3.63, 3.8) is 0 Å². The number of aliphatic hydroxyl groups is 3. The predicted molar refractivity (Wildman–Crippen MR) is 95.1 cm³/mol. The molecule has 0 bridgehead atoms. The zero-order chi connectivity index (χ0) is 18.9. The van der Waals surface area contributed by atoms with E-state index in [2.05, 4.69) is 6.92 Å². The number of carbonyl (C=O) groups is 2. The van der Waals surface area contributed by atoms with Crippen LogP contribution in [0.4, 0.5) is 0 Å². The van der Waals surface area contributed by atoms with Gasteiger partial charge in [0.2, 0.25) is 0 Å². The molecule has 1 unspecified atom stereocenters. The van der Waals surface area contributed by atoms with Crippen molar-refractivity contribution in [2.45, 2.75) is 70.5 Å². The fourth-order valence-corrected chi connectivity index (χ4v) is 7.28. The minimum atomic E-state index is -1.54. The summed E-state index contributed by atoms with van der Waals surface area (Å²) in [4.78, 5) is 24.3. The zero-order valence-electron chi connectivity index (χ0n) is 15.7. The van der Waals surface area contributed by atoms with Gasteiger partial charge in [-0.15, -0.1) is 0 Å². The molecule has 4 aliphatic rings. The minimum Gasteiger partial charge on any atom is -0.393 e. The van der Waals surface area contributed by atoms with Gasteiger partial charge >= 0.3 is 0 Å². The van der Waals surface area contributed by atoms with E-state index < -0.39 is 29.5 Å². The fraction of sp³-hybridized carbons (Fsp3) is 0.810. The average molecular weight is 362 g/mol. The molecule has 4 rings (SSSR count). The van der Waals surface area contributed by atoms with Gasteiger partial charge in [-0.3, -0.25) is 9.59 Å².